The van der Waals surface area contributed by atoms with Gasteiger partial charge in [-0.15, -0.1) is 0 Å². The van der Waals surface area contributed by atoms with Crippen molar-refractivity contribution < 1.29 is 69.5 Å². The van der Waals surface area contributed by atoms with Gasteiger partial charge in [0.1, 0.15) is 42.0 Å². The number of nitrogens with zero attached hydrogens (tertiary/aromatic N) is 5. The number of ether oxygens (including phenoxy) is 3. The molecule has 4 aliphatic rings. The number of imidazole rings is 1. The lowest BCUT2D eigenvalue weighted by Gasteiger charge is -2.34. The van der Waals surface area contributed by atoms with E-state index in [1.807, 2.05) is 0 Å². The van der Waals surface area contributed by atoms with Crippen molar-refractivity contribution in [2.75, 3.05) is 18.9 Å². The third-order valence-corrected chi connectivity index (χ3v) is 15.4. The Bertz CT molecular complexity index is 2230. The van der Waals surface area contributed by atoms with Gasteiger partial charge in [0.25, 0.3) is 7.82 Å². The maximum atomic E-state index is 16.7. The number of hydrogen-bond donors (Lipinski definition) is 2. The van der Waals surface area contributed by atoms with Crippen LogP contribution in [0.2, 0.25) is 0 Å². The Morgan fingerprint density at radius 3 is 2.31 bits per heavy atom. The molecule has 1 amide bonds. The predicted octanol–water partition coefficient (Wildman–Crippen LogP) is 6.55. The van der Waals surface area contributed by atoms with E-state index in [2.05, 4.69) is 21.9 Å². The van der Waals surface area contributed by atoms with Crippen molar-refractivity contribution in [1.82, 2.24) is 30.6 Å². The number of carbonyl (C=O) groups is 3. The zero-order chi connectivity index (χ0) is 44.7. The highest BCUT2D eigenvalue weighted by Crippen LogP contribution is 2.64. The normalized spacial score (nSPS) is 30.9. The smallest absolute Gasteiger partial charge is 0.389 e. The minimum atomic E-state index is -5.52. The maximum absolute atomic E-state index is 16.7. The molecule has 2 aromatic heterocycles. The van der Waals surface area contributed by atoms with Gasteiger partial charge in [-0.1, -0.05) is 70.4 Å². The number of benzene rings is 1. The van der Waals surface area contributed by atoms with Crippen LogP contribution in [-0.2, 0) is 56.8 Å². The van der Waals surface area contributed by atoms with Crippen LogP contribution in [0.15, 0.2) is 49.2 Å². The number of rotatable bonds is 16. The summed E-state index contributed by atoms with van der Waals surface area (Å²) >= 11 is 0.607. The van der Waals surface area contributed by atoms with Crippen molar-refractivity contribution in [3.05, 3.63) is 54.8 Å². The molecular formula is C39H53F2N7O13P2S. The van der Waals surface area contributed by atoms with E-state index in [9.17, 15) is 28.4 Å². The molecule has 10 atom stereocenters. The number of phosphoric acid groups is 1. The van der Waals surface area contributed by atoms with Crippen LogP contribution < -0.4 is 21.5 Å². The van der Waals surface area contributed by atoms with Crippen molar-refractivity contribution >= 4 is 60.6 Å². The lowest BCUT2D eigenvalue weighted by molar-refractivity contribution is -0.237. The van der Waals surface area contributed by atoms with Crippen molar-refractivity contribution in [1.29, 1.82) is 0 Å². The van der Waals surface area contributed by atoms with Gasteiger partial charge in [-0.25, -0.2) is 28.3 Å². The fourth-order valence-electron chi connectivity index (χ4n) is 7.50. The molecule has 6 heterocycles. The molecule has 3 aromatic rings. The number of fused-ring (bicyclic) bond motifs is 4. The number of alkyl halides is 2. The molecule has 4 aliphatic heterocycles. The molecule has 2 unspecified atom stereocenters. The zero-order valence-corrected chi connectivity index (χ0v) is 37.9. The number of aromatic nitrogens is 4. The van der Waals surface area contributed by atoms with E-state index in [0.717, 1.165) is 42.8 Å². The summed E-state index contributed by atoms with van der Waals surface area (Å²) in [5.74, 6) is -1.55. The molecule has 1 aromatic carbocycles. The Labute approximate surface area is 371 Å². The van der Waals surface area contributed by atoms with Crippen LogP contribution in [-0.4, -0.2) is 98.3 Å². The van der Waals surface area contributed by atoms with Gasteiger partial charge in [-0.05, 0) is 41.6 Å². The molecule has 6 N–H and O–H groups in total. The molecule has 0 saturated carbocycles. The van der Waals surface area contributed by atoms with Gasteiger partial charge in [0.2, 0.25) is 5.91 Å². The number of phosphoric ester groups is 1. The summed E-state index contributed by atoms with van der Waals surface area (Å²) in [6, 6.07) is 6.35. The molecule has 3 fully saturated rings. The fourth-order valence-corrected chi connectivity index (χ4v) is 11.8. The topological polar surface area (TPSA) is 282 Å². The number of amides is 1. The first-order chi connectivity index (χ1) is 30.2. The number of unbranched alkanes of at least 4 members (excludes halogenated alkanes) is 8. The van der Waals surface area contributed by atoms with Gasteiger partial charge in [0.15, 0.2) is 42.0 Å². The second-order valence-electron chi connectivity index (χ2n) is 15.5. The van der Waals surface area contributed by atoms with Gasteiger partial charge in [-0.2, -0.15) is 0 Å². The van der Waals surface area contributed by atoms with E-state index >= 15 is 8.78 Å². The average Bonchev–Trinajstić information content (AvgIpc) is 3.91. The van der Waals surface area contributed by atoms with Gasteiger partial charge in [0.05, 0.1) is 26.0 Å². The second kappa shape index (κ2) is 22.2. The summed E-state index contributed by atoms with van der Waals surface area (Å²) in [5.41, 5.74) is 6.65. The minimum Gasteiger partial charge on any atom is -0.756 e. The number of halogens is 2. The highest BCUT2D eigenvalue weighted by atomic mass is 32.7. The summed E-state index contributed by atoms with van der Waals surface area (Å²) in [7, 11) is -5.52. The van der Waals surface area contributed by atoms with E-state index in [0.29, 0.717) is 29.1 Å². The summed E-state index contributed by atoms with van der Waals surface area (Å²) < 4.78 is 101. The van der Waals surface area contributed by atoms with Crippen molar-refractivity contribution in [2.45, 2.75) is 133 Å². The molecule has 7 rings (SSSR count). The summed E-state index contributed by atoms with van der Waals surface area (Å²) in [6.07, 6.45) is -1.06. The number of anilines is 1. The first-order valence-electron chi connectivity index (χ1n) is 20.8. The largest absolute Gasteiger partial charge is 0.756 e. The predicted molar refractivity (Wildman–Crippen MR) is 226 cm³/mol. The number of quaternary nitrogens is 1. The first-order valence-corrected chi connectivity index (χ1v) is 25.4. The van der Waals surface area contributed by atoms with Crippen LogP contribution >= 0.6 is 26.0 Å². The van der Waals surface area contributed by atoms with Crippen molar-refractivity contribution in [3.63, 3.8) is 0 Å². The number of allylic oxidation sites excluding steroid dienone is 1. The number of nitrogens with two attached hydrogens (primary N) is 1. The molecule has 352 valence electrons. The molecule has 2 bridgehead atoms. The van der Waals surface area contributed by atoms with Gasteiger partial charge >= 0.3 is 12.8 Å². The van der Waals surface area contributed by atoms with E-state index in [1.165, 1.54) is 43.0 Å². The highest BCUT2D eigenvalue weighted by molar-refractivity contribution is 8.54. The monoisotopic (exact) mass is 959 g/mol. The summed E-state index contributed by atoms with van der Waals surface area (Å²) in [6.45, 7) is -4.28. The molecule has 3 saturated heterocycles. The Morgan fingerprint density at radius 1 is 0.906 bits per heavy atom. The molecule has 25 heteroatoms. The van der Waals surface area contributed by atoms with Crippen molar-refractivity contribution in [3.8, 4) is 5.75 Å². The van der Waals surface area contributed by atoms with E-state index in [4.69, 9.17) is 38.0 Å². The standard InChI is InChI=1S/C39H50F2N6O13P2S.H3N/c1-2-3-4-5-6-7-8-9-10-11-30(50)56-26-14-12-24(13-15-26)21-63-62(53)55-19-27-31(40)35(39(57-27)46-17-16-25(48)18-29(46)49)59-61(51,52)54-20-28-34(60-62)32(41)38(58-28)47-23-45-33-36(42)43-22-44-37(33)47;/h12-17,22-23,27-28,31-32,34-35,38-39H,2-11,18-21H2,1H3,(H,51,52)(H2,42,43,44);1H3/t27-,28-,31-,32-,34-,35-,38-,39-,62?;/m1./s1. The van der Waals surface area contributed by atoms with Gasteiger partial charge in [0, 0.05) is 18.4 Å². The number of hydrogen-bond acceptors (Lipinski definition) is 18. The van der Waals surface area contributed by atoms with E-state index in [-0.39, 0.29) is 41.3 Å². The molecule has 20 nitrogen and oxygen atoms in total. The maximum Gasteiger partial charge on any atom is 0.389 e. The SMILES string of the molecule is CCCCCCCCCCCC(=O)Oc1ccc(CSP2(=O)OC[C@H]3O[C@@H](N4C=CC(=O)CC4=O)[C@H](OP(=O)([O-])OC[C@H]4O[C@@H](n5cnc6c(N)ncnc65)[C@H](F)[C@@H]4O2)[C@@H]3F)cc1.[NH4+]. The van der Waals surface area contributed by atoms with E-state index in [1.54, 1.807) is 24.3 Å². The number of nitrogen functional groups attached to an aromatic ring is 1. The number of esters is 1. The highest BCUT2D eigenvalue weighted by Gasteiger charge is 2.55. The first kappa shape index (κ1) is 49.7. The molecule has 64 heavy (non-hydrogen) atoms. The molecule has 0 aliphatic carbocycles. The average molecular weight is 960 g/mol. The molecule has 0 radical (unpaired) electrons. The Kier molecular flexibility index (Phi) is 17.2. The Morgan fingerprint density at radius 2 is 1.59 bits per heavy atom. The summed E-state index contributed by atoms with van der Waals surface area (Å²) in [5, 5.41) is 0. The lowest BCUT2D eigenvalue weighted by atomic mass is 10.1. The second-order valence-corrected chi connectivity index (χ2v) is 20.8. The van der Waals surface area contributed by atoms with Crippen LogP contribution in [0.1, 0.15) is 89.3 Å². The number of carbonyl (C=O) groups excluding carboxylic acids is 3. The zero-order valence-electron chi connectivity index (χ0n) is 35.3. The molecular weight excluding hydrogens is 906 g/mol. The Hall–Kier alpha value is -3.73. The van der Waals surface area contributed by atoms with Crippen LogP contribution in [0.5, 0.6) is 5.75 Å². The Balaban J connectivity index is 0.00000680. The van der Waals surface area contributed by atoms with Gasteiger partial charge in [-0.3, -0.25) is 37.5 Å². The van der Waals surface area contributed by atoms with Crippen LogP contribution in [0.3, 0.4) is 0 Å². The van der Waals surface area contributed by atoms with Crippen LogP contribution in [0.4, 0.5) is 14.6 Å². The van der Waals surface area contributed by atoms with E-state index < -0.39 is 95.2 Å². The van der Waals surface area contributed by atoms with Crippen LogP contribution in [0.25, 0.3) is 11.2 Å². The lowest BCUT2D eigenvalue weighted by Crippen LogP contribution is -2.47. The fraction of sp³-hybridized carbons (Fsp3) is 0.590. The van der Waals surface area contributed by atoms with Gasteiger partial charge < -0.3 is 40.0 Å². The third-order valence-electron chi connectivity index (χ3n) is 10.8. The number of ketones is 1. The quantitative estimate of drug-likeness (QED) is 0.0506. The minimum absolute atomic E-state index is 0. The van der Waals surface area contributed by atoms with Crippen LogP contribution in [0, 0.1) is 0 Å². The molecule has 0 spiro atoms. The third kappa shape index (κ3) is 12.2. The summed E-state index contributed by atoms with van der Waals surface area (Å²) in [4.78, 5) is 63.4. The van der Waals surface area contributed by atoms with Crippen molar-refractivity contribution in [2.24, 2.45) is 0 Å².